The number of fused-ring (bicyclic) bond motifs is 1. The first-order valence-corrected chi connectivity index (χ1v) is 7.21. The van der Waals surface area contributed by atoms with Gasteiger partial charge < -0.3 is 10.0 Å². The van der Waals surface area contributed by atoms with Gasteiger partial charge in [-0.05, 0) is 41.1 Å². The maximum atomic E-state index is 12.3. The van der Waals surface area contributed by atoms with Gasteiger partial charge in [-0.25, -0.2) is 0 Å². The molecule has 0 bridgehead atoms. The molecule has 1 amide bonds. The average Bonchev–Trinajstić information content (AvgIpc) is 2.88. The summed E-state index contributed by atoms with van der Waals surface area (Å²) in [7, 11) is 0. The van der Waals surface area contributed by atoms with Crippen molar-refractivity contribution in [1.82, 2.24) is 4.90 Å². The van der Waals surface area contributed by atoms with Gasteiger partial charge in [0.25, 0.3) is 0 Å². The van der Waals surface area contributed by atoms with Crippen LogP contribution in [0.15, 0.2) is 35.7 Å². The minimum absolute atomic E-state index is 0.155. The van der Waals surface area contributed by atoms with Crippen LogP contribution in [0.4, 0.5) is 0 Å². The summed E-state index contributed by atoms with van der Waals surface area (Å²) in [5.41, 5.74) is 2.23. The molecule has 1 N–H and O–H groups in total. The highest BCUT2D eigenvalue weighted by molar-refractivity contribution is 7.10. The number of carbonyl (C=O) groups is 1. The quantitative estimate of drug-likeness (QED) is 0.913. The van der Waals surface area contributed by atoms with Crippen molar-refractivity contribution in [2.45, 2.75) is 19.4 Å². The Morgan fingerprint density at radius 3 is 2.84 bits per heavy atom. The largest absolute Gasteiger partial charge is 0.508 e. The van der Waals surface area contributed by atoms with Gasteiger partial charge in [-0.2, -0.15) is 0 Å². The van der Waals surface area contributed by atoms with Crippen LogP contribution in [0.25, 0.3) is 0 Å². The van der Waals surface area contributed by atoms with Gasteiger partial charge >= 0.3 is 0 Å². The van der Waals surface area contributed by atoms with E-state index in [9.17, 15) is 9.90 Å². The fourth-order valence-corrected chi connectivity index (χ4v) is 3.25. The maximum absolute atomic E-state index is 12.3. The Labute approximate surface area is 116 Å². The van der Waals surface area contributed by atoms with E-state index in [1.165, 1.54) is 10.4 Å². The first-order chi connectivity index (χ1) is 9.22. The average molecular weight is 273 g/mol. The van der Waals surface area contributed by atoms with Gasteiger partial charge in [0.1, 0.15) is 5.75 Å². The van der Waals surface area contributed by atoms with E-state index < -0.39 is 0 Å². The number of benzene rings is 1. The number of carbonyl (C=O) groups excluding carboxylic acids is 1. The summed E-state index contributed by atoms with van der Waals surface area (Å²) in [6, 6.07) is 8.95. The molecule has 1 aromatic heterocycles. The molecule has 2 heterocycles. The Hall–Kier alpha value is -1.81. The van der Waals surface area contributed by atoms with Crippen LogP contribution in [0.5, 0.6) is 5.75 Å². The molecular weight excluding hydrogens is 258 g/mol. The summed E-state index contributed by atoms with van der Waals surface area (Å²) < 4.78 is 0. The summed E-state index contributed by atoms with van der Waals surface area (Å²) in [6.07, 6.45) is 1.37. The zero-order valence-electron chi connectivity index (χ0n) is 10.5. The van der Waals surface area contributed by atoms with Crippen molar-refractivity contribution in [2.75, 3.05) is 6.54 Å². The molecule has 1 aliphatic rings. The zero-order valence-corrected chi connectivity index (χ0v) is 11.3. The summed E-state index contributed by atoms with van der Waals surface area (Å²) in [6.45, 7) is 1.54. The predicted octanol–water partition coefficient (Wildman–Crippen LogP) is 2.58. The second-order valence-corrected chi connectivity index (χ2v) is 5.78. The van der Waals surface area contributed by atoms with Crippen LogP contribution in [-0.4, -0.2) is 22.5 Å². The highest BCUT2D eigenvalue weighted by atomic mass is 32.1. The molecule has 3 rings (SSSR count). The second-order valence-electron chi connectivity index (χ2n) is 4.78. The van der Waals surface area contributed by atoms with Gasteiger partial charge in [-0.3, -0.25) is 4.79 Å². The molecule has 0 fully saturated rings. The molecule has 0 saturated carbocycles. The van der Waals surface area contributed by atoms with Gasteiger partial charge in [0.15, 0.2) is 0 Å². The Kier molecular flexibility index (Phi) is 3.25. The SMILES string of the molecule is O=C(Cc1ccc(O)cc1)N1CCc2sccc2C1. The molecule has 0 spiro atoms. The van der Waals surface area contributed by atoms with Crippen LogP contribution >= 0.6 is 11.3 Å². The van der Waals surface area contributed by atoms with Crippen molar-refractivity contribution >= 4 is 17.2 Å². The minimum atomic E-state index is 0.155. The van der Waals surface area contributed by atoms with Crippen molar-refractivity contribution in [3.05, 3.63) is 51.7 Å². The Bertz CT molecular complexity index is 588. The Morgan fingerprint density at radius 1 is 1.26 bits per heavy atom. The molecule has 1 aliphatic heterocycles. The van der Waals surface area contributed by atoms with Crippen molar-refractivity contribution in [3.8, 4) is 5.75 Å². The maximum Gasteiger partial charge on any atom is 0.227 e. The van der Waals surface area contributed by atoms with Gasteiger partial charge in [-0.1, -0.05) is 12.1 Å². The Balaban J connectivity index is 1.67. The van der Waals surface area contributed by atoms with E-state index in [0.717, 1.165) is 25.1 Å². The molecule has 0 saturated heterocycles. The summed E-state index contributed by atoms with van der Waals surface area (Å²) >= 11 is 1.78. The summed E-state index contributed by atoms with van der Waals surface area (Å²) in [5.74, 6) is 0.389. The number of phenolic OH excluding ortho intramolecular Hbond substituents is 1. The van der Waals surface area contributed by atoms with Crippen LogP contribution in [0.2, 0.25) is 0 Å². The summed E-state index contributed by atoms with van der Waals surface area (Å²) in [4.78, 5) is 15.6. The van der Waals surface area contributed by atoms with E-state index in [2.05, 4.69) is 11.4 Å². The lowest BCUT2D eigenvalue weighted by Crippen LogP contribution is -2.36. The van der Waals surface area contributed by atoms with E-state index in [4.69, 9.17) is 0 Å². The van der Waals surface area contributed by atoms with Gasteiger partial charge in [0.05, 0.1) is 6.42 Å². The smallest absolute Gasteiger partial charge is 0.227 e. The van der Waals surface area contributed by atoms with Crippen molar-refractivity contribution in [2.24, 2.45) is 0 Å². The third kappa shape index (κ3) is 2.63. The molecule has 2 aromatic rings. The molecule has 3 nitrogen and oxygen atoms in total. The van der Waals surface area contributed by atoms with Crippen molar-refractivity contribution in [3.63, 3.8) is 0 Å². The molecule has 0 radical (unpaired) electrons. The molecule has 1 aromatic carbocycles. The van der Waals surface area contributed by atoms with E-state index >= 15 is 0 Å². The van der Waals surface area contributed by atoms with Crippen molar-refractivity contribution < 1.29 is 9.90 Å². The minimum Gasteiger partial charge on any atom is -0.508 e. The van der Waals surface area contributed by atoms with E-state index in [-0.39, 0.29) is 11.7 Å². The Morgan fingerprint density at radius 2 is 2.05 bits per heavy atom. The number of phenols is 1. The lowest BCUT2D eigenvalue weighted by atomic mass is 10.1. The molecule has 0 atom stereocenters. The first-order valence-electron chi connectivity index (χ1n) is 6.33. The topological polar surface area (TPSA) is 40.5 Å². The zero-order chi connectivity index (χ0) is 13.2. The molecule has 0 unspecified atom stereocenters. The summed E-state index contributed by atoms with van der Waals surface area (Å²) in [5, 5.41) is 11.3. The third-order valence-electron chi connectivity index (χ3n) is 3.45. The van der Waals surface area contributed by atoms with Crippen LogP contribution in [0.1, 0.15) is 16.0 Å². The highest BCUT2D eigenvalue weighted by Crippen LogP contribution is 2.24. The fraction of sp³-hybridized carbons (Fsp3) is 0.267. The molecule has 0 aliphatic carbocycles. The van der Waals surface area contributed by atoms with E-state index in [1.807, 2.05) is 4.90 Å². The molecule has 4 heteroatoms. The predicted molar refractivity (Wildman–Crippen MR) is 75.3 cm³/mol. The molecular formula is C15H15NO2S. The van der Waals surface area contributed by atoms with E-state index in [1.54, 1.807) is 35.6 Å². The van der Waals surface area contributed by atoms with Gasteiger partial charge in [0, 0.05) is 18.0 Å². The lowest BCUT2D eigenvalue weighted by Gasteiger charge is -2.27. The van der Waals surface area contributed by atoms with Crippen LogP contribution in [0.3, 0.4) is 0 Å². The number of aromatic hydroxyl groups is 1. The first kappa shape index (κ1) is 12.2. The third-order valence-corrected chi connectivity index (χ3v) is 4.48. The monoisotopic (exact) mass is 273 g/mol. The standard InChI is InChI=1S/C15H15NO2S/c17-13-3-1-11(2-4-13)9-15(18)16-7-5-14-12(10-16)6-8-19-14/h1-4,6,8,17H,5,7,9-10H2. The molecule has 98 valence electrons. The lowest BCUT2D eigenvalue weighted by molar-refractivity contribution is -0.131. The normalized spacial score (nSPS) is 14.2. The van der Waals surface area contributed by atoms with Crippen molar-refractivity contribution in [1.29, 1.82) is 0 Å². The van der Waals surface area contributed by atoms with Crippen LogP contribution < -0.4 is 0 Å². The highest BCUT2D eigenvalue weighted by Gasteiger charge is 2.21. The number of hydrogen-bond acceptors (Lipinski definition) is 3. The number of nitrogens with zero attached hydrogens (tertiary/aromatic N) is 1. The van der Waals surface area contributed by atoms with E-state index in [0.29, 0.717) is 6.42 Å². The van der Waals surface area contributed by atoms with Crippen LogP contribution in [0, 0.1) is 0 Å². The fourth-order valence-electron chi connectivity index (χ4n) is 2.36. The van der Waals surface area contributed by atoms with Gasteiger partial charge in [-0.15, -0.1) is 11.3 Å². The second kappa shape index (κ2) is 5.05. The number of rotatable bonds is 2. The van der Waals surface area contributed by atoms with Crippen LogP contribution in [-0.2, 0) is 24.2 Å². The number of hydrogen-bond donors (Lipinski definition) is 1. The molecule has 19 heavy (non-hydrogen) atoms. The van der Waals surface area contributed by atoms with Gasteiger partial charge in [0.2, 0.25) is 5.91 Å². The number of thiophene rings is 1. The number of amides is 1.